The molecule has 1 unspecified atom stereocenters. The van der Waals surface area contributed by atoms with Crippen LogP contribution in [0.5, 0.6) is 0 Å². The zero-order chi connectivity index (χ0) is 24.5. The number of amides is 1. The van der Waals surface area contributed by atoms with Crippen molar-refractivity contribution in [3.8, 4) is 11.3 Å². The number of aliphatic carboxylic acids is 1. The maximum atomic E-state index is 12.9. The topological polar surface area (TPSA) is 95.4 Å². The number of carbonyl (C=O) groups excluding carboxylic acids is 1. The molecule has 4 heterocycles. The fourth-order valence-corrected chi connectivity index (χ4v) is 4.98. The number of carboxylic acid groups (broad SMARTS) is 1. The van der Waals surface area contributed by atoms with Gasteiger partial charge >= 0.3 is 12.1 Å². The van der Waals surface area contributed by atoms with Gasteiger partial charge in [-0.15, -0.1) is 0 Å². The SMILES string of the molecule is Cc1nc(-c2ccc(C(F)(F)F)cc2)cc([C@@H]2CN3CC[C@H]2C[C@@H]3CNC(=O)CCC(=O)O)n1. The van der Waals surface area contributed by atoms with Gasteiger partial charge in [0.15, 0.2) is 0 Å². The number of halogens is 3. The molecule has 34 heavy (non-hydrogen) atoms. The van der Waals surface area contributed by atoms with Crippen LogP contribution in [0.1, 0.15) is 48.7 Å². The summed E-state index contributed by atoms with van der Waals surface area (Å²) >= 11 is 0. The highest BCUT2D eigenvalue weighted by Gasteiger charge is 2.41. The van der Waals surface area contributed by atoms with Gasteiger partial charge in [0.25, 0.3) is 0 Å². The monoisotopic (exact) mass is 476 g/mol. The molecule has 3 saturated heterocycles. The number of hydrogen-bond donors (Lipinski definition) is 2. The minimum absolute atomic E-state index is 0.0267. The summed E-state index contributed by atoms with van der Waals surface area (Å²) in [6, 6.07) is 7.08. The standard InChI is InChI=1S/C24H27F3N4O3/c1-14-29-20(15-2-4-17(5-3-15)24(25,26)27)11-21(30-14)19-13-31-9-8-16(19)10-18(31)12-28-22(32)6-7-23(33)34/h2-5,11,16,18-19H,6-10,12-13H2,1H3,(H,28,32)(H,33,34)/t16-,18+,19+/m0/s1. The third-order valence-electron chi connectivity index (χ3n) is 6.73. The number of nitrogens with one attached hydrogen (secondary N) is 1. The summed E-state index contributed by atoms with van der Waals surface area (Å²) in [5.74, 6) is -0.113. The van der Waals surface area contributed by atoms with Crippen LogP contribution < -0.4 is 5.32 Å². The minimum atomic E-state index is -4.38. The second kappa shape index (κ2) is 9.69. The first-order chi connectivity index (χ1) is 16.1. The number of fused-ring (bicyclic) bond motifs is 3. The van der Waals surface area contributed by atoms with Crippen LogP contribution in [0.3, 0.4) is 0 Å². The van der Waals surface area contributed by atoms with Crippen LogP contribution in [-0.2, 0) is 15.8 Å². The molecule has 0 aliphatic carbocycles. The van der Waals surface area contributed by atoms with E-state index in [1.807, 2.05) is 6.07 Å². The highest BCUT2D eigenvalue weighted by atomic mass is 19.4. The number of benzene rings is 1. The van der Waals surface area contributed by atoms with Gasteiger partial charge < -0.3 is 10.4 Å². The number of hydrogen-bond acceptors (Lipinski definition) is 5. The average molecular weight is 476 g/mol. The molecule has 0 radical (unpaired) electrons. The molecule has 3 aliphatic rings. The first-order valence-electron chi connectivity index (χ1n) is 11.4. The van der Waals surface area contributed by atoms with E-state index in [0.29, 0.717) is 29.5 Å². The van der Waals surface area contributed by atoms with Crippen molar-refractivity contribution in [2.75, 3.05) is 19.6 Å². The highest BCUT2D eigenvalue weighted by molar-refractivity contribution is 5.80. The predicted octanol–water partition coefficient (Wildman–Crippen LogP) is 3.63. The molecule has 0 saturated carbocycles. The van der Waals surface area contributed by atoms with Crippen LogP contribution in [0, 0.1) is 12.8 Å². The molecule has 1 amide bonds. The van der Waals surface area contributed by atoms with Gasteiger partial charge in [-0.2, -0.15) is 13.2 Å². The molecule has 2 N–H and O–H groups in total. The number of rotatable bonds is 7. The van der Waals surface area contributed by atoms with E-state index < -0.39 is 17.7 Å². The number of nitrogens with zero attached hydrogens (tertiary/aromatic N) is 3. The van der Waals surface area contributed by atoms with Gasteiger partial charge in [-0.25, -0.2) is 9.97 Å². The van der Waals surface area contributed by atoms with Crippen LogP contribution >= 0.6 is 0 Å². The van der Waals surface area contributed by atoms with Crippen LogP contribution in [0.25, 0.3) is 11.3 Å². The lowest BCUT2D eigenvalue weighted by Crippen LogP contribution is -2.56. The van der Waals surface area contributed by atoms with E-state index in [4.69, 9.17) is 5.11 Å². The molecule has 4 atom stereocenters. The first kappa shape index (κ1) is 24.1. The van der Waals surface area contributed by atoms with Gasteiger partial charge in [0.2, 0.25) is 5.91 Å². The Bertz CT molecular complexity index is 1060. The van der Waals surface area contributed by atoms with Gasteiger partial charge in [0.1, 0.15) is 5.82 Å². The molecular formula is C24H27F3N4O3. The van der Waals surface area contributed by atoms with Crippen molar-refractivity contribution < 1.29 is 27.9 Å². The van der Waals surface area contributed by atoms with Crippen molar-refractivity contribution in [1.82, 2.24) is 20.2 Å². The van der Waals surface area contributed by atoms with E-state index >= 15 is 0 Å². The van der Waals surface area contributed by atoms with E-state index in [0.717, 1.165) is 43.8 Å². The largest absolute Gasteiger partial charge is 0.481 e. The summed E-state index contributed by atoms with van der Waals surface area (Å²) in [6.07, 6.45) is -2.69. The molecule has 5 rings (SSSR count). The molecular weight excluding hydrogens is 449 g/mol. The minimum Gasteiger partial charge on any atom is -0.481 e. The second-order valence-corrected chi connectivity index (χ2v) is 9.04. The Kier molecular flexibility index (Phi) is 6.88. The summed E-state index contributed by atoms with van der Waals surface area (Å²) in [5, 5.41) is 11.6. The normalized spacial score (nSPS) is 24.1. The van der Waals surface area contributed by atoms with Gasteiger partial charge in [-0.05, 0) is 50.4 Å². The zero-order valence-corrected chi connectivity index (χ0v) is 18.8. The van der Waals surface area contributed by atoms with Crippen LogP contribution in [-0.4, -0.2) is 57.5 Å². The van der Waals surface area contributed by atoms with E-state index in [1.165, 1.54) is 12.1 Å². The van der Waals surface area contributed by atoms with E-state index in [2.05, 4.69) is 20.2 Å². The molecule has 1 aromatic carbocycles. The maximum Gasteiger partial charge on any atom is 0.416 e. The average Bonchev–Trinajstić information content (AvgIpc) is 2.81. The Balaban J connectivity index is 1.44. The summed E-state index contributed by atoms with van der Waals surface area (Å²) in [4.78, 5) is 34.0. The third-order valence-corrected chi connectivity index (χ3v) is 6.73. The number of piperidine rings is 3. The fraction of sp³-hybridized carbons (Fsp3) is 0.500. The van der Waals surface area contributed by atoms with E-state index in [9.17, 15) is 22.8 Å². The molecule has 1 aromatic heterocycles. The fourth-order valence-electron chi connectivity index (χ4n) is 4.98. The molecule has 3 aliphatic heterocycles. The van der Waals surface area contributed by atoms with Crippen LogP contribution in [0.4, 0.5) is 13.2 Å². The Hall–Kier alpha value is -3.01. The van der Waals surface area contributed by atoms with Crippen molar-refractivity contribution in [2.45, 2.75) is 50.7 Å². The zero-order valence-electron chi connectivity index (χ0n) is 18.8. The predicted molar refractivity (Wildman–Crippen MR) is 118 cm³/mol. The quantitative estimate of drug-likeness (QED) is 0.634. The molecule has 2 bridgehead atoms. The highest BCUT2D eigenvalue weighted by Crippen LogP contribution is 2.41. The van der Waals surface area contributed by atoms with Crippen molar-refractivity contribution in [1.29, 1.82) is 0 Å². The lowest BCUT2D eigenvalue weighted by atomic mass is 9.74. The number of carbonyl (C=O) groups is 2. The molecule has 7 nitrogen and oxygen atoms in total. The van der Waals surface area contributed by atoms with Gasteiger partial charge in [-0.1, -0.05) is 12.1 Å². The maximum absolute atomic E-state index is 12.9. The van der Waals surface area contributed by atoms with Crippen LogP contribution in [0.2, 0.25) is 0 Å². The van der Waals surface area contributed by atoms with Crippen molar-refractivity contribution in [2.24, 2.45) is 5.92 Å². The van der Waals surface area contributed by atoms with E-state index in [1.54, 1.807) is 6.92 Å². The third kappa shape index (κ3) is 5.55. The Labute approximate surface area is 195 Å². The Morgan fingerprint density at radius 2 is 1.91 bits per heavy atom. The summed E-state index contributed by atoms with van der Waals surface area (Å²) in [6.45, 7) is 3.98. The number of aromatic nitrogens is 2. The first-order valence-corrected chi connectivity index (χ1v) is 11.4. The second-order valence-electron chi connectivity index (χ2n) is 9.04. The summed E-state index contributed by atoms with van der Waals surface area (Å²) in [7, 11) is 0. The Morgan fingerprint density at radius 3 is 2.53 bits per heavy atom. The summed E-state index contributed by atoms with van der Waals surface area (Å²) < 4.78 is 38.7. The Morgan fingerprint density at radius 1 is 1.18 bits per heavy atom. The lowest BCUT2D eigenvalue weighted by molar-refractivity contribution is -0.139. The molecule has 3 fully saturated rings. The molecule has 0 spiro atoms. The smallest absolute Gasteiger partial charge is 0.416 e. The summed E-state index contributed by atoms with van der Waals surface area (Å²) in [5.41, 5.74) is 1.42. The van der Waals surface area contributed by atoms with Crippen LogP contribution in [0.15, 0.2) is 30.3 Å². The van der Waals surface area contributed by atoms with Crippen molar-refractivity contribution >= 4 is 11.9 Å². The number of aryl methyl sites for hydroxylation is 1. The van der Waals surface area contributed by atoms with Crippen molar-refractivity contribution in [3.63, 3.8) is 0 Å². The van der Waals surface area contributed by atoms with Gasteiger partial charge in [-0.3, -0.25) is 14.5 Å². The molecule has 10 heteroatoms. The number of alkyl halides is 3. The van der Waals surface area contributed by atoms with Gasteiger partial charge in [0.05, 0.1) is 17.7 Å². The van der Waals surface area contributed by atoms with Gasteiger partial charge in [0, 0.05) is 42.7 Å². The molecule has 2 aromatic rings. The van der Waals surface area contributed by atoms with E-state index in [-0.39, 0.29) is 30.7 Å². The lowest BCUT2D eigenvalue weighted by Gasteiger charge is -2.49. The molecule has 182 valence electrons. The number of carboxylic acids is 1. The van der Waals surface area contributed by atoms with Crippen molar-refractivity contribution in [3.05, 3.63) is 47.4 Å².